The molecule has 102 heavy (non-hydrogen) atoms. The Morgan fingerprint density at radius 2 is 0.971 bits per heavy atom. The summed E-state index contributed by atoms with van der Waals surface area (Å²) in [5, 5.41) is 48.8. The molecule has 0 saturated heterocycles. The summed E-state index contributed by atoms with van der Waals surface area (Å²) in [5.41, 5.74) is 2.68. The van der Waals surface area contributed by atoms with Crippen molar-refractivity contribution < 1.29 is 105 Å². The highest BCUT2D eigenvalue weighted by atomic mass is 19.4. The third-order valence-corrected chi connectivity index (χ3v) is 12.6. The number of fused-ring (bicyclic) bond motifs is 1. The Hall–Kier alpha value is -11.8. The molecule has 0 fully saturated rings. The summed E-state index contributed by atoms with van der Waals surface area (Å²) in [6.07, 6.45) is -3.23. The lowest BCUT2D eigenvalue weighted by Gasteiger charge is -2.20. The van der Waals surface area contributed by atoms with Crippen molar-refractivity contribution in [3.63, 3.8) is 0 Å². The molecule has 9 rings (SSSR count). The number of pyridine rings is 2. The van der Waals surface area contributed by atoms with E-state index >= 15 is 0 Å². The van der Waals surface area contributed by atoms with Crippen LogP contribution in [0.2, 0.25) is 0 Å². The fourth-order valence-corrected chi connectivity index (χ4v) is 7.15. The Bertz CT molecular complexity index is 3940. The normalized spacial score (nSPS) is 11.8. The highest BCUT2D eigenvalue weighted by Crippen LogP contribution is 2.25. The third kappa shape index (κ3) is 36.7. The molecule has 0 radical (unpaired) electrons. The van der Waals surface area contributed by atoms with Crippen molar-refractivity contribution in [1.29, 1.82) is 0 Å². The van der Waals surface area contributed by atoms with Gasteiger partial charge < -0.3 is 25.5 Å². The first-order valence-electron chi connectivity index (χ1n) is 30.5. The Morgan fingerprint density at radius 3 is 1.34 bits per heavy atom. The van der Waals surface area contributed by atoms with Crippen LogP contribution in [0.3, 0.4) is 0 Å². The second kappa shape index (κ2) is 44.2. The Kier molecular flexibility index (Phi) is 38.2. The number of nitrogens with zero attached hydrogens (tertiary/aromatic N) is 6. The number of Topliss-reactive ketones (excluding diaryl/α,β-unsaturated/α-hetero) is 8. The summed E-state index contributed by atoms with van der Waals surface area (Å²) in [5.74, 6) is -8.04. The number of carboxylic acid groups (broad SMARTS) is 3. The van der Waals surface area contributed by atoms with Crippen LogP contribution in [0.4, 0.5) is 26.3 Å². The zero-order valence-corrected chi connectivity index (χ0v) is 57.1. The van der Waals surface area contributed by atoms with E-state index < -0.39 is 65.1 Å². The number of phenolic OH excluding ortho intramolecular Hbond substituents is 2. The van der Waals surface area contributed by atoms with Crippen LogP contribution in [0.25, 0.3) is 16.6 Å². The maximum Gasteiger partial charge on any atom is 0.450 e. The lowest BCUT2D eigenvalue weighted by atomic mass is 9.82. The van der Waals surface area contributed by atoms with E-state index in [4.69, 9.17) is 20.4 Å². The number of aromatic hydroxyl groups is 2. The summed E-state index contributed by atoms with van der Waals surface area (Å²) < 4.78 is 69.6. The van der Waals surface area contributed by atoms with Crippen molar-refractivity contribution in [2.75, 3.05) is 7.05 Å². The van der Waals surface area contributed by atoms with E-state index in [2.05, 4.69) is 25.1 Å². The minimum absolute atomic E-state index is 0.0208. The van der Waals surface area contributed by atoms with E-state index in [1.165, 1.54) is 32.2 Å². The summed E-state index contributed by atoms with van der Waals surface area (Å²) in [6.45, 7) is 13.8. The quantitative estimate of drug-likeness (QED) is 0.0275. The van der Waals surface area contributed by atoms with Gasteiger partial charge in [0.15, 0.2) is 11.6 Å². The van der Waals surface area contributed by atoms with Gasteiger partial charge in [-0.15, -0.1) is 0 Å². The van der Waals surface area contributed by atoms with Crippen LogP contribution in [0.5, 0.6) is 11.5 Å². The Labute approximate surface area is 583 Å². The summed E-state index contributed by atoms with van der Waals surface area (Å²) in [7, 11) is 1.67. The van der Waals surface area contributed by atoms with Gasteiger partial charge in [0, 0.05) is 64.8 Å². The number of alkyl halides is 6. The first-order valence-corrected chi connectivity index (χ1v) is 30.5. The number of rotatable bonds is 15. The molecule has 542 valence electrons. The molecular weight excluding hydrogens is 1340 g/mol. The van der Waals surface area contributed by atoms with Crippen molar-refractivity contribution in [2.45, 2.75) is 112 Å². The highest BCUT2D eigenvalue weighted by Gasteiger charge is 2.46. The van der Waals surface area contributed by atoms with E-state index in [1.807, 2.05) is 102 Å². The number of aromatic nitrogens is 4. The van der Waals surface area contributed by atoms with Gasteiger partial charge in [-0.2, -0.15) is 31.4 Å². The number of aliphatic imine (C=N–C) groups is 2. The number of carbonyl (C=O) groups excluding carboxylic acids is 8. The van der Waals surface area contributed by atoms with Gasteiger partial charge in [-0.1, -0.05) is 157 Å². The van der Waals surface area contributed by atoms with Crippen molar-refractivity contribution in [3.05, 3.63) is 217 Å². The number of hydrogen-bond acceptors (Lipinski definition) is 18. The van der Waals surface area contributed by atoms with Crippen LogP contribution in [0.1, 0.15) is 141 Å². The summed E-state index contributed by atoms with van der Waals surface area (Å²) >= 11 is 0. The number of hydrogen-bond donors (Lipinski definition) is 5. The van der Waals surface area contributed by atoms with Crippen LogP contribution in [0.15, 0.2) is 198 Å². The number of phenols is 2. The predicted molar refractivity (Wildman–Crippen MR) is 368 cm³/mol. The van der Waals surface area contributed by atoms with Crippen molar-refractivity contribution in [2.24, 2.45) is 20.8 Å². The first-order chi connectivity index (χ1) is 47.6. The zero-order valence-electron chi connectivity index (χ0n) is 57.1. The van der Waals surface area contributed by atoms with Crippen LogP contribution in [0, 0.1) is 10.8 Å². The molecule has 0 bridgehead atoms. The number of carboxylic acids is 3. The molecule has 1 unspecified atom stereocenters. The van der Waals surface area contributed by atoms with Gasteiger partial charge in [-0.3, -0.25) is 48.3 Å². The van der Waals surface area contributed by atoms with Gasteiger partial charge in [0.25, 0.3) is 0 Å². The molecule has 8 aromatic rings. The summed E-state index contributed by atoms with van der Waals surface area (Å²) in [4.78, 5) is 132. The molecule has 3 aromatic heterocycles. The fourth-order valence-electron chi connectivity index (χ4n) is 7.15. The largest absolute Gasteiger partial charge is 0.507 e. The molecule has 5 N–H and O–H groups in total. The minimum Gasteiger partial charge on any atom is -0.507 e. The van der Waals surface area contributed by atoms with Crippen LogP contribution in [-0.4, -0.2) is 147 Å². The SMILES string of the molecule is CC(=O)CC(C)=O.CC(C)(C)C(=O)CC(=O)C(C)(C)C.CN=Cc1ccccc1O.O=C(CC(=O)C(F)(F)F)C(F)(F)F.O=C(CC(=O)c1ccccc1)c1ccccc1.O=C(O)C1CCC=N1.O=C(O)c1ccc2ccccc2n1.O=C(O)c1ccccn1.Oc1ccccc1-n1cccn1. The van der Waals surface area contributed by atoms with Gasteiger partial charge in [-0.25, -0.2) is 29.0 Å². The van der Waals surface area contributed by atoms with Crippen LogP contribution >= 0.6 is 0 Å². The fraction of sp³-hybridized carbons (Fsp3) is 0.270. The van der Waals surface area contributed by atoms with E-state index in [-0.39, 0.29) is 76.8 Å². The topological polar surface area (TPSA) is 357 Å². The monoisotopic (exact) mass is 1420 g/mol. The van der Waals surface area contributed by atoms with Crippen molar-refractivity contribution in [1.82, 2.24) is 19.7 Å². The second-order valence-electron chi connectivity index (χ2n) is 23.2. The highest BCUT2D eigenvalue weighted by molar-refractivity contribution is 6.13. The molecule has 1 atom stereocenters. The third-order valence-electron chi connectivity index (χ3n) is 12.6. The van der Waals surface area contributed by atoms with Crippen LogP contribution < -0.4 is 0 Å². The molecule has 0 spiro atoms. The summed E-state index contributed by atoms with van der Waals surface area (Å²) in [6, 6.07) is 48.7. The van der Waals surface area contributed by atoms with E-state index in [0.717, 1.165) is 17.4 Å². The number of aliphatic carboxylic acids is 1. The molecule has 5 aromatic carbocycles. The van der Waals surface area contributed by atoms with Gasteiger partial charge in [0.1, 0.15) is 57.7 Å². The van der Waals surface area contributed by atoms with Crippen LogP contribution in [-0.2, 0) is 33.6 Å². The van der Waals surface area contributed by atoms with Gasteiger partial charge in [0.05, 0.1) is 31.2 Å². The average molecular weight is 1420 g/mol. The predicted octanol–water partition coefficient (Wildman–Crippen LogP) is 14.0. The first kappa shape index (κ1) is 88.2. The number of aromatic carboxylic acids is 2. The number of para-hydroxylation sites is 4. The van der Waals surface area contributed by atoms with Gasteiger partial charge in [-0.05, 0) is 87.5 Å². The maximum atomic E-state index is 11.8. The Balaban J connectivity index is 0.000000580. The van der Waals surface area contributed by atoms with E-state index in [9.17, 15) is 84.2 Å². The van der Waals surface area contributed by atoms with Gasteiger partial charge in [0.2, 0.25) is 11.6 Å². The van der Waals surface area contributed by atoms with Crippen molar-refractivity contribution >= 4 is 87.5 Å². The average Bonchev–Trinajstić information content (AvgIpc) is 1.20. The standard InChI is InChI=1S/C15H12O2.C11H20O2.C10H7NO2.C9H8N2O.C8H9NO.C6H5NO2.C5H2F6O2.C5H7NO2.C5H8O2/c16-14(12-7-3-1-4-8-12)11-15(17)13-9-5-2-6-10-13;1-10(2,3)8(12)7-9(13)11(4,5)6;12-10(13)9-6-5-7-3-1-2-4-8(7)11-9;12-9-5-2-1-4-8(9)11-7-3-6-10-11;1-9-6-7-4-2-3-5-8(7)10;8-6(9)5-3-1-2-4-7-5;6-4(7,8)2(12)1-3(13)5(9,10)11;7-5(8)4-2-1-3-6-4;1-4(6)3-5(2)7/h1-10H,11H2;7H2,1-6H3;1-6H,(H,12,13);1-7,12H;2-6,10H,1H3;1-4H,(H,8,9);1H2;3-4H,1-2H2,(H,7,8);3H2,1-2H3. The molecule has 0 saturated carbocycles. The molecule has 0 amide bonds. The number of benzene rings is 5. The zero-order chi connectivity index (χ0) is 77.4. The molecule has 1 aliphatic heterocycles. The molecule has 0 aliphatic carbocycles. The molecule has 22 nitrogen and oxygen atoms in total. The molecule has 28 heteroatoms. The number of carbonyl (C=O) groups is 11. The molecular formula is C74H78F6N6O16. The van der Waals surface area contributed by atoms with E-state index in [0.29, 0.717) is 28.8 Å². The molecule has 1 aliphatic rings. The van der Waals surface area contributed by atoms with Crippen molar-refractivity contribution in [3.8, 4) is 17.2 Å². The maximum absolute atomic E-state index is 11.8. The minimum atomic E-state index is -5.40. The second-order valence-corrected chi connectivity index (χ2v) is 23.2. The number of halogens is 6. The Morgan fingerprint density at radius 1 is 0.510 bits per heavy atom. The lowest BCUT2D eigenvalue weighted by molar-refractivity contribution is -0.182. The van der Waals surface area contributed by atoms with Gasteiger partial charge >= 0.3 is 30.3 Å². The molecule has 4 heterocycles. The smallest absolute Gasteiger partial charge is 0.450 e. The lowest BCUT2D eigenvalue weighted by Crippen LogP contribution is -2.31. The number of ketones is 8. The van der Waals surface area contributed by atoms with E-state index in [1.54, 1.807) is 134 Å².